The van der Waals surface area contributed by atoms with Crippen LogP contribution >= 0.6 is 0 Å². The number of imidazole rings is 1. The molecule has 15 heteroatoms. The number of carbonyl (C=O) groups is 6. The topological polar surface area (TPSA) is 254 Å². The van der Waals surface area contributed by atoms with E-state index in [-0.39, 0.29) is 25.7 Å². The lowest BCUT2D eigenvalue weighted by molar-refractivity contribution is -0.144. The first kappa shape index (κ1) is 30.0. The number of aromatic amines is 1. The summed E-state index contributed by atoms with van der Waals surface area (Å²) in [6.07, 6.45) is 1.35. The predicted molar refractivity (Wildman–Crippen MR) is 122 cm³/mol. The number of amides is 3. The Hall–Kier alpha value is -4.01. The van der Waals surface area contributed by atoms with E-state index >= 15 is 0 Å². The largest absolute Gasteiger partial charge is 0.481 e. The minimum atomic E-state index is -1.49. The number of carboxylic acid groups (broad SMARTS) is 3. The minimum Gasteiger partial charge on any atom is -0.481 e. The second-order valence-corrected chi connectivity index (χ2v) is 8.44. The Labute approximate surface area is 206 Å². The zero-order chi connectivity index (χ0) is 27.4. The van der Waals surface area contributed by atoms with Crippen LogP contribution in [-0.2, 0) is 35.2 Å². The van der Waals surface area contributed by atoms with Crippen LogP contribution in [0.5, 0.6) is 0 Å². The molecule has 1 aromatic heterocycles. The van der Waals surface area contributed by atoms with E-state index < -0.39 is 72.1 Å². The van der Waals surface area contributed by atoms with Crippen LogP contribution in [0, 0.1) is 5.92 Å². The third kappa shape index (κ3) is 10.5. The fourth-order valence-corrected chi connectivity index (χ4v) is 3.09. The second-order valence-electron chi connectivity index (χ2n) is 8.44. The number of nitrogens with one attached hydrogen (secondary N) is 4. The number of nitrogens with two attached hydrogens (primary N) is 1. The Balaban J connectivity index is 2.99. The third-order valence-corrected chi connectivity index (χ3v) is 5.13. The van der Waals surface area contributed by atoms with Crippen LogP contribution < -0.4 is 21.7 Å². The maximum Gasteiger partial charge on any atom is 0.326 e. The zero-order valence-electron chi connectivity index (χ0n) is 19.9. The molecule has 4 unspecified atom stereocenters. The van der Waals surface area contributed by atoms with Crippen LogP contribution in [0.4, 0.5) is 0 Å². The molecule has 3 amide bonds. The number of nitrogens with zero attached hydrogens (tertiary/aromatic N) is 1. The molecular formula is C21H32N6O9. The summed E-state index contributed by atoms with van der Waals surface area (Å²) in [6.45, 7) is 3.20. The van der Waals surface area contributed by atoms with E-state index in [1.807, 2.05) is 0 Å². The molecule has 15 nitrogen and oxygen atoms in total. The highest BCUT2D eigenvalue weighted by molar-refractivity contribution is 5.94. The van der Waals surface area contributed by atoms with E-state index in [4.69, 9.17) is 15.9 Å². The summed E-state index contributed by atoms with van der Waals surface area (Å²) in [7, 11) is 0. The number of rotatable bonds is 16. The minimum absolute atomic E-state index is 0.0635. The van der Waals surface area contributed by atoms with E-state index in [0.29, 0.717) is 5.69 Å². The molecule has 1 rings (SSSR count). The molecular weight excluding hydrogens is 480 g/mol. The summed E-state index contributed by atoms with van der Waals surface area (Å²) in [5.41, 5.74) is 6.20. The van der Waals surface area contributed by atoms with Crippen LogP contribution in [0.2, 0.25) is 0 Å². The quantitative estimate of drug-likeness (QED) is 0.123. The molecule has 0 aliphatic carbocycles. The maximum absolute atomic E-state index is 13.1. The number of aliphatic carboxylic acids is 3. The summed E-state index contributed by atoms with van der Waals surface area (Å²) in [5.74, 6) is -6.72. The molecule has 0 aliphatic rings. The molecule has 9 N–H and O–H groups in total. The van der Waals surface area contributed by atoms with Gasteiger partial charge in [-0.2, -0.15) is 0 Å². The standard InChI is InChI=1S/C21H32N6O9/c1-10(2)17(20(34)25-13(21(35)36)4-6-16(30)31)27-19(33)14(7-11-8-23-9-24-11)26-18(32)12(22)3-5-15(28)29/h8-10,12-14,17H,3-7,22H2,1-2H3,(H,23,24)(H,25,34)(H,26,32)(H,27,33)(H,28,29)(H,30,31)(H,35,36). The Bertz CT molecular complexity index is 934. The van der Waals surface area contributed by atoms with Gasteiger partial charge in [0.25, 0.3) is 0 Å². The monoisotopic (exact) mass is 512 g/mol. The van der Waals surface area contributed by atoms with Gasteiger partial charge in [0.15, 0.2) is 0 Å². The van der Waals surface area contributed by atoms with Crippen molar-refractivity contribution < 1.29 is 44.1 Å². The molecule has 0 aromatic carbocycles. The fraction of sp³-hybridized carbons (Fsp3) is 0.571. The van der Waals surface area contributed by atoms with E-state index in [1.165, 1.54) is 12.5 Å². The van der Waals surface area contributed by atoms with Gasteiger partial charge in [-0.25, -0.2) is 9.78 Å². The summed E-state index contributed by atoms with van der Waals surface area (Å²) in [4.78, 5) is 77.9. The smallest absolute Gasteiger partial charge is 0.326 e. The van der Waals surface area contributed by atoms with Gasteiger partial charge in [0.05, 0.1) is 12.4 Å². The highest BCUT2D eigenvalue weighted by Gasteiger charge is 2.32. The predicted octanol–water partition coefficient (Wildman–Crippen LogP) is -1.80. The Morgan fingerprint density at radius 3 is 1.97 bits per heavy atom. The van der Waals surface area contributed by atoms with Crippen molar-refractivity contribution in [2.75, 3.05) is 0 Å². The van der Waals surface area contributed by atoms with Crippen LogP contribution in [0.15, 0.2) is 12.5 Å². The van der Waals surface area contributed by atoms with Gasteiger partial charge in [0.1, 0.15) is 18.1 Å². The van der Waals surface area contributed by atoms with E-state index in [9.17, 15) is 33.9 Å². The van der Waals surface area contributed by atoms with Gasteiger partial charge >= 0.3 is 17.9 Å². The second kappa shape index (κ2) is 14.4. The van der Waals surface area contributed by atoms with Crippen molar-refractivity contribution in [1.29, 1.82) is 0 Å². The number of carbonyl (C=O) groups excluding carboxylic acids is 3. The average Bonchev–Trinajstić information content (AvgIpc) is 3.30. The van der Waals surface area contributed by atoms with Gasteiger partial charge in [0.2, 0.25) is 17.7 Å². The molecule has 1 heterocycles. The van der Waals surface area contributed by atoms with Crippen molar-refractivity contribution in [1.82, 2.24) is 25.9 Å². The first-order chi connectivity index (χ1) is 16.8. The van der Waals surface area contributed by atoms with Crippen LogP contribution in [0.3, 0.4) is 0 Å². The molecule has 0 fully saturated rings. The third-order valence-electron chi connectivity index (χ3n) is 5.13. The lowest BCUT2D eigenvalue weighted by Crippen LogP contribution is -2.59. The van der Waals surface area contributed by atoms with Gasteiger partial charge in [-0.15, -0.1) is 0 Å². The number of hydrogen-bond donors (Lipinski definition) is 8. The number of H-pyrrole nitrogens is 1. The van der Waals surface area contributed by atoms with Crippen LogP contribution in [0.25, 0.3) is 0 Å². The van der Waals surface area contributed by atoms with E-state index in [2.05, 4.69) is 25.9 Å². The Morgan fingerprint density at radius 2 is 1.47 bits per heavy atom. The van der Waals surface area contributed by atoms with Gasteiger partial charge in [-0.05, 0) is 18.8 Å². The molecule has 0 radical (unpaired) electrons. The van der Waals surface area contributed by atoms with Crippen molar-refractivity contribution in [3.8, 4) is 0 Å². The van der Waals surface area contributed by atoms with Crippen molar-refractivity contribution >= 4 is 35.6 Å². The molecule has 0 aliphatic heterocycles. The number of aromatic nitrogens is 2. The van der Waals surface area contributed by atoms with Gasteiger partial charge < -0.3 is 42.0 Å². The lowest BCUT2D eigenvalue weighted by Gasteiger charge is -2.27. The van der Waals surface area contributed by atoms with Gasteiger partial charge in [0, 0.05) is 31.2 Å². The van der Waals surface area contributed by atoms with Crippen molar-refractivity contribution in [2.45, 2.75) is 70.1 Å². The highest BCUT2D eigenvalue weighted by Crippen LogP contribution is 2.08. The van der Waals surface area contributed by atoms with Crippen molar-refractivity contribution in [3.05, 3.63) is 18.2 Å². The Morgan fingerprint density at radius 1 is 0.889 bits per heavy atom. The summed E-state index contributed by atoms with van der Waals surface area (Å²) in [6, 6.07) is -5.14. The number of carboxylic acids is 3. The molecule has 36 heavy (non-hydrogen) atoms. The number of hydrogen-bond acceptors (Lipinski definition) is 8. The SMILES string of the molecule is CC(C)C(NC(=O)C(Cc1cnc[nH]1)NC(=O)C(N)CCC(=O)O)C(=O)NC(CCC(=O)O)C(=O)O. The summed E-state index contributed by atoms with van der Waals surface area (Å²) < 4.78 is 0. The van der Waals surface area contributed by atoms with Crippen LogP contribution in [-0.4, -0.2) is 85.1 Å². The van der Waals surface area contributed by atoms with Crippen molar-refractivity contribution in [3.63, 3.8) is 0 Å². The normalized spacial score (nSPS) is 14.2. The fourth-order valence-electron chi connectivity index (χ4n) is 3.09. The van der Waals surface area contributed by atoms with Gasteiger partial charge in [-0.1, -0.05) is 13.8 Å². The molecule has 200 valence electrons. The first-order valence-corrected chi connectivity index (χ1v) is 11.1. The highest BCUT2D eigenvalue weighted by atomic mass is 16.4. The maximum atomic E-state index is 13.1. The molecule has 0 spiro atoms. The summed E-state index contributed by atoms with van der Waals surface area (Å²) in [5, 5.41) is 34.0. The van der Waals surface area contributed by atoms with E-state index in [1.54, 1.807) is 13.8 Å². The van der Waals surface area contributed by atoms with Crippen LogP contribution in [0.1, 0.15) is 45.2 Å². The average molecular weight is 513 g/mol. The lowest BCUT2D eigenvalue weighted by atomic mass is 10.0. The molecule has 0 saturated heterocycles. The van der Waals surface area contributed by atoms with E-state index in [0.717, 1.165) is 0 Å². The van der Waals surface area contributed by atoms with Gasteiger partial charge in [-0.3, -0.25) is 24.0 Å². The molecule has 0 bridgehead atoms. The summed E-state index contributed by atoms with van der Waals surface area (Å²) >= 11 is 0. The molecule has 1 aromatic rings. The van der Waals surface area contributed by atoms with Crippen molar-refractivity contribution in [2.24, 2.45) is 11.7 Å². The zero-order valence-corrected chi connectivity index (χ0v) is 19.9. The Kier molecular flexibility index (Phi) is 12.0. The molecule has 4 atom stereocenters. The first-order valence-electron chi connectivity index (χ1n) is 11.1. The molecule has 0 saturated carbocycles.